The molecule has 1 aromatic rings. The van der Waals surface area contributed by atoms with E-state index in [-0.39, 0.29) is 0 Å². The lowest BCUT2D eigenvalue weighted by Gasteiger charge is -2.24. The van der Waals surface area contributed by atoms with Crippen LogP contribution in [0.2, 0.25) is 0 Å². The topological polar surface area (TPSA) is 44.5 Å². The summed E-state index contributed by atoms with van der Waals surface area (Å²) in [5, 5.41) is 0. The number of fused-ring (bicyclic) bond motifs is 1. The summed E-state index contributed by atoms with van der Waals surface area (Å²) in [6.07, 6.45) is 3.80. The molecule has 3 nitrogen and oxygen atoms in total. The van der Waals surface area contributed by atoms with Crippen molar-refractivity contribution in [2.45, 2.75) is 25.7 Å². The molecule has 0 saturated heterocycles. The highest BCUT2D eigenvalue weighted by atomic mass is 16.5. The molecule has 0 aliphatic heterocycles. The van der Waals surface area contributed by atoms with Gasteiger partial charge in [-0.1, -0.05) is 12.1 Å². The average Bonchev–Trinajstić information content (AvgIpc) is 2.43. The van der Waals surface area contributed by atoms with E-state index in [4.69, 9.17) is 15.2 Å². The molecule has 0 fully saturated rings. The quantitative estimate of drug-likeness (QED) is 0.869. The number of ether oxygens (including phenoxy) is 2. The number of hydrogen-bond acceptors (Lipinski definition) is 3. The molecule has 0 aromatic heterocycles. The first-order valence-electron chi connectivity index (χ1n) is 6.39. The fourth-order valence-electron chi connectivity index (χ4n) is 2.54. The molecule has 0 radical (unpaired) electrons. The van der Waals surface area contributed by atoms with Crippen LogP contribution in [0.3, 0.4) is 0 Å². The van der Waals surface area contributed by atoms with Crippen LogP contribution in [0.4, 0.5) is 0 Å². The molecule has 0 amide bonds. The summed E-state index contributed by atoms with van der Waals surface area (Å²) < 4.78 is 11.0. The van der Waals surface area contributed by atoms with E-state index in [9.17, 15) is 0 Å². The highest BCUT2D eigenvalue weighted by Gasteiger charge is 2.21. The van der Waals surface area contributed by atoms with E-state index >= 15 is 0 Å². The smallest absolute Gasteiger partial charge is 0.122 e. The molecule has 0 unspecified atom stereocenters. The third kappa shape index (κ3) is 2.51. The Morgan fingerprint density at radius 2 is 2.00 bits per heavy atom. The number of rotatable bonds is 5. The molecule has 1 aliphatic carbocycles. The maximum atomic E-state index is 5.60. The van der Waals surface area contributed by atoms with Crippen LogP contribution in [0.5, 0.6) is 5.75 Å². The number of hydrogen-bond donors (Lipinski definition) is 1. The molecule has 0 saturated carbocycles. The third-order valence-corrected chi connectivity index (χ3v) is 3.51. The predicted octanol–water partition coefficient (Wildman–Crippen LogP) is 2.43. The minimum Gasteiger partial charge on any atom is -0.501 e. The zero-order valence-corrected chi connectivity index (χ0v) is 11.2. The van der Waals surface area contributed by atoms with Gasteiger partial charge in [-0.25, -0.2) is 0 Å². The van der Waals surface area contributed by atoms with Gasteiger partial charge in [0.15, 0.2) is 0 Å². The van der Waals surface area contributed by atoms with Crippen LogP contribution in [0.15, 0.2) is 29.5 Å². The van der Waals surface area contributed by atoms with Crippen molar-refractivity contribution >= 4 is 0 Å². The first kappa shape index (κ1) is 13.0. The highest BCUT2D eigenvalue weighted by Crippen LogP contribution is 2.34. The van der Waals surface area contributed by atoms with E-state index in [0.717, 1.165) is 43.7 Å². The summed E-state index contributed by atoms with van der Waals surface area (Å²) in [6.45, 7) is 0.722. The second kappa shape index (κ2) is 5.91. The Morgan fingerprint density at radius 1 is 1.17 bits per heavy atom. The summed E-state index contributed by atoms with van der Waals surface area (Å²) in [7, 11) is 3.48. The minimum atomic E-state index is 0.722. The van der Waals surface area contributed by atoms with Crippen LogP contribution < -0.4 is 10.5 Å². The number of allylic oxidation sites excluding steroid dienone is 2. The van der Waals surface area contributed by atoms with Crippen LogP contribution in [-0.2, 0) is 17.6 Å². The van der Waals surface area contributed by atoms with Crippen molar-refractivity contribution in [1.82, 2.24) is 0 Å². The van der Waals surface area contributed by atoms with Gasteiger partial charge in [0.25, 0.3) is 0 Å². The van der Waals surface area contributed by atoms with Gasteiger partial charge in [-0.2, -0.15) is 0 Å². The van der Waals surface area contributed by atoms with Crippen molar-refractivity contribution < 1.29 is 9.47 Å². The Kier molecular flexibility index (Phi) is 4.26. The van der Waals surface area contributed by atoms with Crippen molar-refractivity contribution in [2.24, 2.45) is 5.73 Å². The maximum absolute atomic E-state index is 5.60. The molecular formula is C15H21NO2. The van der Waals surface area contributed by atoms with Crippen LogP contribution in [0, 0.1) is 0 Å². The summed E-state index contributed by atoms with van der Waals surface area (Å²) in [4.78, 5) is 0. The van der Waals surface area contributed by atoms with E-state index in [2.05, 4.69) is 6.07 Å². The maximum Gasteiger partial charge on any atom is 0.122 e. The fourth-order valence-corrected chi connectivity index (χ4v) is 2.54. The Balaban J connectivity index is 2.29. The molecule has 0 atom stereocenters. The van der Waals surface area contributed by atoms with Crippen LogP contribution >= 0.6 is 0 Å². The van der Waals surface area contributed by atoms with Gasteiger partial charge in [0.1, 0.15) is 5.75 Å². The summed E-state index contributed by atoms with van der Waals surface area (Å²) in [6, 6.07) is 6.21. The molecule has 1 aromatic carbocycles. The van der Waals surface area contributed by atoms with Gasteiger partial charge in [0.05, 0.1) is 20.0 Å². The SMILES string of the molecule is COC1=C(CCCN)Cc2c(cccc2OC)C1. The molecule has 0 heterocycles. The molecule has 0 spiro atoms. The number of methoxy groups -OCH3 is 2. The third-order valence-electron chi connectivity index (χ3n) is 3.51. The molecule has 2 rings (SSSR count). The lowest BCUT2D eigenvalue weighted by Crippen LogP contribution is -2.12. The van der Waals surface area contributed by atoms with Crippen molar-refractivity contribution in [1.29, 1.82) is 0 Å². The first-order valence-corrected chi connectivity index (χ1v) is 6.39. The number of nitrogens with two attached hydrogens (primary N) is 1. The predicted molar refractivity (Wildman–Crippen MR) is 72.7 cm³/mol. The lowest BCUT2D eigenvalue weighted by atomic mass is 9.87. The molecular weight excluding hydrogens is 226 g/mol. The second-order valence-electron chi connectivity index (χ2n) is 4.57. The number of benzene rings is 1. The van der Waals surface area contributed by atoms with Crippen molar-refractivity contribution in [3.05, 3.63) is 40.7 Å². The molecule has 3 heteroatoms. The Labute approximate surface area is 109 Å². The fraction of sp³-hybridized carbons (Fsp3) is 0.467. The summed E-state index contributed by atoms with van der Waals surface area (Å²) >= 11 is 0. The minimum absolute atomic E-state index is 0.722. The van der Waals surface area contributed by atoms with Crippen LogP contribution in [0.1, 0.15) is 24.0 Å². The van der Waals surface area contributed by atoms with Gasteiger partial charge in [-0.05, 0) is 36.6 Å². The molecule has 18 heavy (non-hydrogen) atoms. The Morgan fingerprint density at radius 3 is 2.67 bits per heavy atom. The van der Waals surface area contributed by atoms with Gasteiger partial charge in [-0.15, -0.1) is 0 Å². The summed E-state index contributed by atoms with van der Waals surface area (Å²) in [5.74, 6) is 2.08. The molecule has 0 bridgehead atoms. The van der Waals surface area contributed by atoms with Crippen molar-refractivity contribution in [2.75, 3.05) is 20.8 Å². The van der Waals surface area contributed by atoms with E-state index in [1.54, 1.807) is 14.2 Å². The van der Waals surface area contributed by atoms with Gasteiger partial charge < -0.3 is 15.2 Å². The largest absolute Gasteiger partial charge is 0.501 e. The normalized spacial score (nSPS) is 14.4. The Hall–Kier alpha value is -1.48. The molecule has 1 aliphatic rings. The molecule has 98 valence electrons. The molecule has 2 N–H and O–H groups in total. The van der Waals surface area contributed by atoms with Gasteiger partial charge >= 0.3 is 0 Å². The van der Waals surface area contributed by atoms with E-state index in [0.29, 0.717) is 0 Å². The lowest BCUT2D eigenvalue weighted by molar-refractivity contribution is 0.272. The van der Waals surface area contributed by atoms with Gasteiger partial charge in [-0.3, -0.25) is 0 Å². The van der Waals surface area contributed by atoms with Gasteiger partial charge in [0.2, 0.25) is 0 Å². The van der Waals surface area contributed by atoms with Crippen molar-refractivity contribution in [3.8, 4) is 5.75 Å². The van der Waals surface area contributed by atoms with E-state index < -0.39 is 0 Å². The monoisotopic (exact) mass is 247 g/mol. The standard InChI is InChI=1S/C15H21NO2/c1-17-14-7-3-5-11-10-15(18-2)12(6-4-8-16)9-13(11)14/h3,5,7H,4,6,8-10,16H2,1-2H3. The first-order chi connectivity index (χ1) is 8.80. The van der Waals surface area contributed by atoms with Crippen LogP contribution in [-0.4, -0.2) is 20.8 Å². The zero-order valence-electron chi connectivity index (χ0n) is 11.2. The zero-order chi connectivity index (χ0) is 13.0. The van der Waals surface area contributed by atoms with E-state index in [1.165, 1.54) is 16.7 Å². The highest BCUT2D eigenvalue weighted by molar-refractivity contribution is 5.47. The summed E-state index contributed by atoms with van der Waals surface area (Å²) in [5.41, 5.74) is 9.56. The average molecular weight is 247 g/mol. The van der Waals surface area contributed by atoms with Gasteiger partial charge in [0, 0.05) is 18.4 Å². The van der Waals surface area contributed by atoms with Crippen molar-refractivity contribution in [3.63, 3.8) is 0 Å². The van der Waals surface area contributed by atoms with Crippen LogP contribution in [0.25, 0.3) is 0 Å². The second-order valence-corrected chi connectivity index (χ2v) is 4.57. The van der Waals surface area contributed by atoms with E-state index in [1.807, 2.05) is 12.1 Å². The Bertz CT molecular complexity index is 452.